The van der Waals surface area contributed by atoms with Crippen molar-refractivity contribution in [2.75, 3.05) is 36.8 Å². The summed E-state index contributed by atoms with van der Waals surface area (Å²) in [5, 5.41) is 14.7. The molecule has 0 spiro atoms. The fraction of sp³-hybridized carbons (Fsp3) is 0.622. The largest absolute Gasteiger partial charge is 0.398 e. The van der Waals surface area contributed by atoms with Gasteiger partial charge in [0, 0.05) is 48.5 Å². The van der Waals surface area contributed by atoms with E-state index < -0.39 is 6.17 Å². The molecule has 7 rings (SSSR count). The molecule has 4 unspecified atom stereocenters. The normalized spacial score (nSPS) is 24.9. The van der Waals surface area contributed by atoms with Crippen LogP contribution in [0.2, 0.25) is 0 Å². The Morgan fingerprint density at radius 1 is 1.17 bits per heavy atom. The lowest BCUT2D eigenvalue weighted by molar-refractivity contribution is 0.217. The number of benzene rings is 1. The number of aryl methyl sites for hydroxylation is 3. The van der Waals surface area contributed by atoms with Gasteiger partial charge in [-0.3, -0.25) is 9.58 Å². The van der Waals surface area contributed by atoms with Crippen LogP contribution in [0.3, 0.4) is 0 Å². The molecule has 0 saturated carbocycles. The van der Waals surface area contributed by atoms with E-state index in [0.717, 1.165) is 86.8 Å². The molecule has 0 amide bonds. The zero-order valence-electron chi connectivity index (χ0n) is 28.6. The number of nitrogens with two attached hydrogens (primary N) is 1. The Balaban J connectivity index is 0.000000314. The molecule has 0 radical (unpaired) electrons. The molecule has 1 aliphatic carbocycles. The summed E-state index contributed by atoms with van der Waals surface area (Å²) in [6, 6.07) is 8.99. The van der Waals surface area contributed by atoms with Crippen LogP contribution in [0.5, 0.6) is 0 Å². The minimum absolute atomic E-state index is 0.236. The first kappa shape index (κ1) is 32.4. The van der Waals surface area contributed by atoms with Gasteiger partial charge in [-0.1, -0.05) is 26.8 Å². The van der Waals surface area contributed by atoms with Crippen molar-refractivity contribution in [2.24, 2.45) is 0 Å². The molecule has 9 heteroatoms. The number of fused-ring (bicyclic) bond motifs is 2. The molecule has 1 aromatic carbocycles. The fourth-order valence-corrected chi connectivity index (χ4v) is 8.38. The maximum absolute atomic E-state index is 12.8. The summed E-state index contributed by atoms with van der Waals surface area (Å²) >= 11 is 0. The fourth-order valence-electron chi connectivity index (χ4n) is 8.38. The van der Waals surface area contributed by atoms with Gasteiger partial charge >= 0.3 is 0 Å². The Bertz CT molecular complexity index is 1620. The smallest absolute Gasteiger partial charge is 0.135 e. The van der Waals surface area contributed by atoms with E-state index in [9.17, 15) is 9.65 Å². The van der Waals surface area contributed by atoms with Crippen LogP contribution in [-0.2, 0) is 19.3 Å². The number of nitrogen functional groups attached to an aromatic ring is 1. The molecule has 2 N–H and O–H groups in total. The van der Waals surface area contributed by atoms with Gasteiger partial charge in [0.1, 0.15) is 23.9 Å². The Hall–Kier alpha value is -3.51. The van der Waals surface area contributed by atoms with Crippen LogP contribution in [-0.4, -0.2) is 62.5 Å². The topological polar surface area (TPSA) is 99.9 Å². The summed E-state index contributed by atoms with van der Waals surface area (Å²) in [6.45, 7) is 16.6. The van der Waals surface area contributed by atoms with Crippen molar-refractivity contribution >= 4 is 11.5 Å². The third-order valence-corrected chi connectivity index (χ3v) is 11.1. The SMILES string of the molecule is CC12CCCN1CC(F)C2.CCc1nc2c(c(N3CC(n4nc(C)cc4C)C3)n1)CCC(c1c(C(C)CC)ccc(N)c1C#N)C2. The molecule has 3 saturated heterocycles. The van der Waals surface area contributed by atoms with Gasteiger partial charge < -0.3 is 10.6 Å². The van der Waals surface area contributed by atoms with Crippen molar-refractivity contribution in [3.63, 3.8) is 0 Å². The van der Waals surface area contributed by atoms with Gasteiger partial charge in [0.05, 0.1) is 23.0 Å². The number of nitriles is 1. The second kappa shape index (κ2) is 12.9. The summed E-state index contributed by atoms with van der Waals surface area (Å²) in [6.07, 6.45) is 7.25. The van der Waals surface area contributed by atoms with E-state index in [1.165, 1.54) is 29.7 Å². The molecular weight excluding hydrogens is 575 g/mol. The monoisotopic (exact) mass is 626 g/mol. The lowest BCUT2D eigenvalue weighted by Crippen LogP contribution is -2.49. The second-order valence-corrected chi connectivity index (χ2v) is 14.4. The zero-order valence-corrected chi connectivity index (χ0v) is 28.6. The molecule has 4 atom stereocenters. The first-order valence-electron chi connectivity index (χ1n) is 17.4. The summed E-state index contributed by atoms with van der Waals surface area (Å²) in [4.78, 5) is 14.7. The molecule has 0 bridgehead atoms. The molecule has 3 aliphatic heterocycles. The molecule has 46 heavy (non-hydrogen) atoms. The molecule has 5 heterocycles. The lowest BCUT2D eigenvalue weighted by atomic mass is 9.76. The van der Waals surface area contributed by atoms with E-state index in [-0.39, 0.29) is 11.5 Å². The Morgan fingerprint density at radius 3 is 2.61 bits per heavy atom. The van der Waals surface area contributed by atoms with E-state index >= 15 is 0 Å². The van der Waals surface area contributed by atoms with Crippen LogP contribution < -0.4 is 10.6 Å². The third kappa shape index (κ3) is 6.01. The Labute approximate surface area is 274 Å². The van der Waals surface area contributed by atoms with Gasteiger partial charge in [-0.2, -0.15) is 10.4 Å². The molecule has 3 aromatic rings. The van der Waals surface area contributed by atoms with Crippen molar-refractivity contribution in [3.05, 3.63) is 63.4 Å². The average molecular weight is 627 g/mol. The van der Waals surface area contributed by atoms with E-state index in [1.807, 2.05) is 6.07 Å². The highest BCUT2D eigenvalue weighted by Crippen LogP contribution is 2.43. The molecule has 246 valence electrons. The van der Waals surface area contributed by atoms with E-state index in [0.29, 0.717) is 29.8 Å². The number of anilines is 2. The lowest BCUT2D eigenvalue weighted by Gasteiger charge is -2.42. The summed E-state index contributed by atoms with van der Waals surface area (Å²) in [7, 11) is 0. The van der Waals surface area contributed by atoms with Gasteiger partial charge in [-0.05, 0) is 107 Å². The average Bonchev–Trinajstić information content (AvgIpc) is 3.63. The first-order chi connectivity index (χ1) is 22.0. The van der Waals surface area contributed by atoms with Crippen LogP contribution in [0.25, 0.3) is 0 Å². The molecule has 3 fully saturated rings. The highest BCUT2D eigenvalue weighted by atomic mass is 19.1. The number of nitrogens with zero attached hydrogens (tertiary/aromatic N) is 7. The van der Waals surface area contributed by atoms with Gasteiger partial charge in [-0.15, -0.1) is 0 Å². The van der Waals surface area contributed by atoms with Crippen LogP contribution in [0, 0.1) is 25.2 Å². The highest BCUT2D eigenvalue weighted by molar-refractivity contribution is 5.63. The molecule has 4 aliphatic rings. The predicted octanol–water partition coefficient (Wildman–Crippen LogP) is 6.74. The molecular formula is C37H51FN8. The molecule has 2 aromatic heterocycles. The number of alkyl halides is 1. The van der Waals surface area contributed by atoms with Crippen LogP contribution in [0.1, 0.15) is 123 Å². The van der Waals surface area contributed by atoms with Gasteiger partial charge in [0.15, 0.2) is 0 Å². The zero-order chi connectivity index (χ0) is 32.7. The first-order valence-corrected chi connectivity index (χ1v) is 17.4. The molecule has 8 nitrogen and oxygen atoms in total. The number of hydrogen-bond acceptors (Lipinski definition) is 7. The number of aromatic nitrogens is 4. The quantitative estimate of drug-likeness (QED) is 0.303. The number of halogens is 1. The number of rotatable bonds is 6. The maximum Gasteiger partial charge on any atom is 0.135 e. The van der Waals surface area contributed by atoms with Crippen molar-refractivity contribution in [1.82, 2.24) is 24.6 Å². The standard InChI is InChI=1S/C29H37N7.C8H14FN/c1-6-17(3)22-10-11-25(31)24(14-30)28(22)20-8-9-23-26(13-20)32-27(7-2)33-29(23)35-15-21(16-35)36-19(5)12-18(4)34-36;1-8-3-2-4-10(8)6-7(9)5-8/h10-12,17,20-21H,6-9,13,15-16,31H2,1-5H3;7H,2-6H2,1H3. The van der Waals surface area contributed by atoms with Gasteiger partial charge in [-0.25, -0.2) is 14.4 Å². The van der Waals surface area contributed by atoms with E-state index in [2.05, 4.69) is 74.2 Å². The predicted molar refractivity (Wildman–Crippen MR) is 182 cm³/mol. The Morgan fingerprint density at radius 2 is 1.96 bits per heavy atom. The minimum atomic E-state index is -0.551. The Kier molecular flexibility index (Phi) is 9.13. The highest BCUT2D eigenvalue weighted by Gasteiger charge is 2.44. The van der Waals surface area contributed by atoms with E-state index in [4.69, 9.17) is 20.8 Å². The van der Waals surface area contributed by atoms with Crippen molar-refractivity contribution in [3.8, 4) is 6.07 Å². The van der Waals surface area contributed by atoms with Crippen LogP contribution >= 0.6 is 0 Å². The number of hydrogen-bond donors (Lipinski definition) is 1. The van der Waals surface area contributed by atoms with Crippen molar-refractivity contribution < 1.29 is 4.39 Å². The third-order valence-electron chi connectivity index (χ3n) is 11.1. The van der Waals surface area contributed by atoms with Crippen LogP contribution in [0.15, 0.2) is 18.2 Å². The second-order valence-electron chi connectivity index (χ2n) is 14.4. The minimum Gasteiger partial charge on any atom is -0.398 e. The summed E-state index contributed by atoms with van der Waals surface area (Å²) in [5.74, 6) is 2.62. The van der Waals surface area contributed by atoms with Crippen molar-refractivity contribution in [2.45, 2.75) is 122 Å². The van der Waals surface area contributed by atoms with Gasteiger partial charge in [0.2, 0.25) is 0 Å². The maximum atomic E-state index is 12.8. The van der Waals surface area contributed by atoms with Crippen LogP contribution in [0.4, 0.5) is 15.9 Å². The van der Waals surface area contributed by atoms with Gasteiger partial charge in [0.25, 0.3) is 0 Å². The van der Waals surface area contributed by atoms with Crippen molar-refractivity contribution in [1.29, 1.82) is 5.26 Å². The summed E-state index contributed by atoms with van der Waals surface area (Å²) < 4.78 is 15.0. The van der Waals surface area contributed by atoms with E-state index in [1.54, 1.807) is 0 Å². The summed E-state index contributed by atoms with van der Waals surface area (Å²) in [5.41, 5.74) is 14.9.